The number of aromatic nitrogens is 1. The van der Waals surface area contributed by atoms with Crippen molar-refractivity contribution in [1.82, 2.24) is 4.98 Å². The highest BCUT2D eigenvalue weighted by Crippen LogP contribution is 2.26. The predicted octanol–water partition coefficient (Wildman–Crippen LogP) is 3.25. The van der Waals surface area contributed by atoms with Crippen LogP contribution in [0.25, 0.3) is 0 Å². The monoisotopic (exact) mass is 281 g/mol. The number of nitrogens with two attached hydrogens (primary N) is 1. The minimum absolute atomic E-state index is 0.226. The Morgan fingerprint density at radius 2 is 2.17 bits per heavy atom. The Morgan fingerprint density at radius 1 is 1.39 bits per heavy atom. The van der Waals surface area contributed by atoms with Gasteiger partial charge in [0, 0.05) is 6.20 Å². The Balaban J connectivity index is 2.37. The van der Waals surface area contributed by atoms with E-state index < -0.39 is 5.82 Å². The normalized spacial score (nSPS) is 10.1. The van der Waals surface area contributed by atoms with Gasteiger partial charge in [-0.25, -0.2) is 9.37 Å². The van der Waals surface area contributed by atoms with Crippen molar-refractivity contribution in [3.05, 3.63) is 52.9 Å². The van der Waals surface area contributed by atoms with Gasteiger partial charge < -0.3 is 11.1 Å². The number of halogens is 2. The van der Waals surface area contributed by atoms with E-state index in [4.69, 9.17) is 29.6 Å². The zero-order valence-corrected chi connectivity index (χ0v) is 10.7. The molecule has 1 heterocycles. The van der Waals surface area contributed by atoms with Crippen LogP contribution in [0.4, 0.5) is 15.9 Å². The molecular weight excluding hydrogens is 273 g/mol. The van der Waals surface area contributed by atoms with Gasteiger partial charge in [0.1, 0.15) is 16.6 Å². The number of rotatable bonds is 3. The molecule has 0 fully saturated rings. The number of hydrogen-bond donors (Lipinski definition) is 2. The summed E-state index contributed by atoms with van der Waals surface area (Å²) in [5.41, 5.74) is 6.73. The summed E-state index contributed by atoms with van der Waals surface area (Å²) in [5.74, 6) is 0.0830. The molecule has 2 aromatic rings. The summed E-state index contributed by atoms with van der Waals surface area (Å²) in [5, 5.41) is 3.23. The van der Waals surface area contributed by atoms with Crippen molar-refractivity contribution in [3.8, 4) is 0 Å². The summed E-state index contributed by atoms with van der Waals surface area (Å²) >= 11 is 10.8. The second kappa shape index (κ2) is 5.29. The van der Waals surface area contributed by atoms with E-state index in [1.54, 1.807) is 18.3 Å². The summed E-state index contributed by atoms with van der Waals surface area (Å²) in [6, 6.07) is 7.52. The highest BCUT2D eigenvalue weighted by molar-refractivity contribution is 7.80. The number of hydrogen-bond acceptors (Lipinski definition) is 3. The average Bonchev–Trinajstić information content (AvgIpc) is 2.33. The molecule has 0 aliphatic rings. The maximum Gasteiger partial charge on any atom is 0.140 e. The molecule has 0 saturated heterocycles. The van der Waals surface area contributed by atoms with Gasteiger partial charge in [-0.15, -0.1) is 0 Å². The minimum atomic E-state index is -0.402. The Hall–Kier alpha value is -1.72. The van der Waals surface area contributed by atoms with E-state index in [-0.39, 0.29) is 10.0 Å². The molecule has 92 valence electrons. The van der Waals surface area contributed by atoms with Crippen molar-refractivity contribution in [2.45, 2.75) is 0 Å². The smallest absolute Gasteiger partial charge is 0.140 e. The molecule has 0 spiro atoms. The van der Waals surface area contributed by atoms with Crippen molar-refractivity contribution in [3.63, 3.8) is 0 Å². The summed E-state index contributed by atoms with van der Waals surface area (Å²) in [7, 11) is 0. The highest BCUT2D eigenvalue weighted by atomic mass is 35.5. The third-order valence-corrected chi connectivity index (χ3v) is 2.79. The van der Waals surface area contributed by atoms with Gasteiger partial charge in [0.25, 0.3) is 0 Å². The topological polar surface area (TPSA) is 50.9 Å². The van der Waals surface area contributed by atoms with Crippen LogP contribution in [-0.2, 0) is 0 Å². The fraction of sp³-hybridized carbons (Fsp3) is 0. The Morgan fingerprint density at radius 3 is 2.83 bits per heavy atom. The fourth-order valence-electron chi connectivity index (χ4n) is 1.42. The average molecular weight is 282 g/mol. The first-order valence-electron chi connectivity index (χ1n) is 5.05. The Labute approximate surface area is 114 Å². The van der Waals surface area contributed by atoms with E-state index in [1.807, 2.05) is 0 Å². The van der Waals surface area contributed by atoms with Gasteiger partial charge in [-0.1, -0.05) is 23.8 Å². The van der Waals surface area contributed by atoms with Gasteiger partial charge in [-0.2, -0.15) is 0 Å². The Kier molecular flexibility index (Phi) is 3.74. The van der Waals surface area contributed by atoms with E-state index in [0.29, 0.717) is 17.1 Å². The van der Waals surface area contributed by atoms with Gasteiger partial charge in [0.05, 0.1) is 16.3 Å². The maximum absolute atomic E-state index is 12.9. The zero-order chi connectivity index (χ0) is 13.1. The SMILES string of the molecule is NC(=S)c1cccnc1Nc1ccc(F)cc1Cl. The molecule has 0 saturated carbocycles. The van der Waals surface area contributed by atoms with E-state index in [2.05, 4.69) is 10.3 Å². The van der Waals surface area contributed by atoms with E-state index in [1.165, 1.54) is 18.2 Å². The molecule has 1 aromatic carbocycles. The molecule has 0 atom stereocenters. The van der Waals surface area contributed by atoms with Crippen molar-refractivity contribution in [2.75, 3.05) is 5.32 Å². The second-order valence-electron chi connectivity index (χ2n) is 3.51. The lowest BCUT2D eigenvalue weighted by atomic mass is 10.2. The van der Waals surface area contributed by atoms with Gasteiger partial charge in [-0.05, 0) is 30.3 Å². The molecule has 0 unspecified atom stereocenters. The molecule has 0 aliphatic heterocycles. The molecule has 18 heavy (non-hydrogen) atoms. The second-order valence-corrected chi connectivity index (χ2v) is 4.36. The predicted molar refractivity (Wildman–Crippen MR) is 74.8 cm³/mol. The quantitative estimate of drug-likeness (QED) is 0.848. The lowest BCUT2D eigenvalue weighted by molar-refractivity contribution is 0.628. The van der Waals surface area contributed by atoms with Gasteiger partial charge in [0.15, 0.2) is 0 Å². The number of benzene rings is 1. The molecule has 3 N–H and O–H groups in total. The first-order chi connectivity index (χ1) is 8.58. The van der Waals surface area contributed by atoms with Crippen LogP contribution in [0.1, 0.15) is 5.56 Å². The molecule has 2 rings (SSSR count). The Bertz CT molecular complexity index is 604. The number of anilines is 2. The molecular formula is C12H9ClFN3S. The maximum atomic E-state index is 12.9. The van der Waals surface area contributed by atoms with Crippen LogP contribution in [0, 0.1) is 5.82 Å². The standard InChI is InChI=1S/C12H9ClFN3S/c13-9-6-7(14)3-4-10(9)17-12-8(11(15)18)2-1-5-16-12/h1-6H,(H2,15,18)(H,16,17). The van der Waals surface area contributed by atoms with E-state index in [0.717, 1.165) is 0 Å². The molecule has 1 aromatic heterocycles. The van der Waals surface area contributed by atoms with Crippen molar-refractivity contribution in [2.24, 2.45) is 5.73 Å². The lowest BCUT2D eigenvalue weighted by Gasteiger charge is -2.11. The molecule has 6 heteroatoms. The van der Waals surface area contributed by atoms with Crippen LogP contribution >= 0.6 is 23.8 Å². The van der Waals surface area contributed by atoms with Gasteiger partial charge >= 0.3 is 0 Å². The summed E-state index contributed by atoms with van der Waals surface area (Å²) in [6.45, 7) is 0. The number of nitrogens with one attached hydrogen (secondary N) is 1. The van der Waals surface area contributed by atoms with Crippen LogP contribution in [-0.4, -0.2) is 9.97 Å². The zero-order valence-electron chi connectivity index (χ0n) is 9.15. The molecule has 3 nitrogen and oxygen atoms in total. The van der Waals surface area contributed by atoms with Crippen molar-refractivity contribution in [1.29, 1.82) is 0 Å². The number of nitrogens with zero attached hydrogens (tertiary/aromatic N) is 1. The van der Waals surface area contributed by atoms with Crippen LogP contribution < -0.4 is 11.1 Å². The summed E-state index contributed by atoms with van der Waals surface area (Å²) < 4.78 is 12.9. The lowest BCUT2D eigenvalue weighted by Crippen LogP contribution is -2.12. The van der Waals surface area contributed by atoms with Gasteiger partial charge in [0.2, 0.25) is 0 Å². The van der Waals surface area contributed by atoms with Crippen LogP contribution in [0.2, 0.25) is 5.02 Å². The summed E-state index contributed by atoms with van der Waals surface area (Å²) in [4.78, 5) is 4.35. The third kappa shape index (κ3) is 2.75. The molecule has 0 radical (unpaired) electrons. The summed E-state index contributed by atoms with van der Waals surface area (Å²) in [6.07, 6.45) is 1.60. The number of thiocarbonyl (C=S) groups is 1. The minimum Gasteiger partial charge on any atom is -0.389 e. The first-order valence-corrected chi connectivity index (χ1v) is 5.83. The van der Waals surface area contributed by atoms with Gasteiger partial charge in [-0.3, -0.25) is 0 Å². The molecule has 0 bridgehead atoms. The largest absolute Gasteiger partial charge is 0.389 e. The van der Waals surface area contributed by atoms with Crippen molar-refractivity contribution < 1.29 is 4.39 Å². The van der Waals surface area contributed by atoms with Crippen molar-refractivity contribution >= 4 is 40.3 Å². The fourth-order valence-corrected chi connectivity index (χ4v) is 1.80. The van der Waals surface area contributed by atoms with Crippen LogP contribution in [0.5, 0.6) is 0 Å². The first kappa shape index (κ1) is 12.7. The molecule has 0 amide bonds. The van der Waals surface area contributed by atoms with E-state index >= 15 is 0 Å². The highest BCUT2D eigenvalue weighted by Gasteiger charge is 2.08. The molecule has 0 aliphatic carbocycles. The number of pyridine rings is 1. The van der Waals surface area contributed by atoms with Crippen LogP contribution in [0.3, 0.4) is 0 Å². The third-order valence-electron chi connectivity index (χ3n) is 2.26. The van der Waals surface area contributed by atoms with E-state index in [9.17, 15) is 4.39 Å². The van der Waals surface area contributed by atoms with Crippen LogP contribution in [0.15, 0.2) is 36.5 Å².